The summed E-state index contributed by atoms with van der Waals surface area (Å²) in [6.07, 6.45) is -0.190. The fourth-order valence-corrected chi connectivity index (χ4v) is 5.56. The number of carbonyl (C=O) groups excluding carboxylic acids is 4. The molecule has 4 atom stereocenters. The molecule has 2 heterocycles. The molecule has 1 aromatic carbocycles. The van der Waals surface area contributed by atoms with E-state index in [4.69, 9.17) is 0 Å². The molecule has 212 valence electrons. The second kappa shape index (κ2) is 11.7. The summed E-state index contributed by atoms with van der Waals surface area (Å²) in [6.45, 7) is 8.31. The van der Waals surface area contributed by atoms with Gasteiger partial charge in [0.15, 0.2) is 0 Å². The number of nitrogens with zero attached hydrogens (tertiary/aromatic N) is 3. The SMILES string of the molecule is CCCC(F)(F)C(=O)N[C@@H](C)C(=O)N(CC)[C@@H](CC(C)C)C(=O)N1C[C@]2(C[C@H]1C#N)C(=O)Nc1ccccc12. The zero-order valence-electron chi connectivity index (χ0n) is 23.1. The highest BCUT2D eigenvalue weighted by Crippen LogP contribution is 2.46. The summed E-state index contributed by atoms with van der Waals surface area (Å²) in [5.41, 5.74) is 0.281. The molecule has 2 aliphatic heterocycles. The van der Waals surface area contributed by atoms with Gasteiger partial charge in [-0.15, -0.1) is 0 Å². The Morgan fingerprint density at radius 1 is 1.26 bits per heavy atom. The Morgan fingerprint density at radius 2 is 1.92 bits per heavy atom. The van der Waals surface area contributed by atoms with Crippen LogP contribution in [0.15, 0.2) is 24.3 Å². The predicted octanol–water partition coefficient (Wildman–Crippen LogP) is 3.20. The van der Waals surface area contributed by atoms with Crippen LogP contribution in [0.3, 0.4) is 0 Å². The van der Waals surface area contributed by atoms with Crippen LogP contribution in [0.4, 0.5) is 14.5 Å². The third kappa shape index (κ3) is 5.75. The maximum absolute atomic E-state index is 14.1. The van der Waals surface area contributed by atoms with Gasteiger partial charge in [-0.3, -0.25) is 19.2 Å². The molecule has 9 nitrogen and oxygen atoms in total. The zero-order valence-corrected chi connectivity index (χ0v) is 23.1. The van der Waals surface area contributed by atoms with E-state index in [9.17, 15) is 33.2 Å². The lowest BCUT2D eigenvalue weighted by molar-refractivity contribution is -0.152. The van der Waals surface area contributed by atoms with Crippen LogP contribution in [0.5, 0.6) is 0 Å². The molecule has 1 fully saturated rings. The second-order valence-corrected chi connectivity index (χ2v) is 10.8. The summed E-state index contributed by atoms with van der Waals surface area (Å²) in [5.74, 6) is -6.64. The number of hydrogen-bond acceptors (Lipinski definition) is 5. The summed E-state index contributed by atoms with van der Waals surface area (Å²) in [4.78, 5) is 55.4. The molecular weight excluding hydrogens is 508 g/mol. The van der Waals surface area contributed by atoms with Crippen LogP contribution in [0, 0.1) is 17.2 Å². The van der Waals surface area contributed by atoms with Gasteiger partial charge < -0.3 is 20.4 Å². The summed E-state index contributed by atoms with van der Waals surface area (Å²) in [7, 11) is 0. The molecule has 0 unspecified atom stereocenters. The van der Waals surface area contributed by atoms with E-state index in [1.165, 1.54) is 23.6 Å². The number of likely N-dealkylation sites (N-methyl/N-ethyl adjacent to an activating group) is 1. The summed E-state index contributed by atoms with van der Waals surface area (Å²) >= 11 is 0. The fraction of sp³-hybridized carbons (Fsp3) is 0.607. The van der Waals surface area contributed by atoms with E-state index in [1.54, 1.807) is 25.1 Å². The first kappa shape index (κ1) is 30.0. The molecule has 1 spiro atoms. The average Bonchev–Trinajstić information content (AvgIpc) is 3.41. The Labute approximate surface area is 227 Å². The lowest BCUT2D eigenvalue weighted by Gasteiger charge is -2.36. The molecule has 39 heavy (non-hydrogen) atoms. The minimum atomic E-state index is -3.62. The van der Waals surface area contributed by atoms with Gasteiger partial charge >= 0.3 is 5.92 Å². The number of anilines is 1. The van der Waals surface area contributed by atoms with Crippen molar-refractivity contribution >= 4 is 29.3 Å². The number of amides is 4. The van der Waals surface area contributed by atoms with Gasteiger partial charge in [0.05, 0.1) is 11.5 Å². The number of likely N-dealkylation sites (tertiary alicyclic amines) is 1. The molecule has 3 rings (SSSR count). The molecule has 4 amide bonds. The Balaban J connectivity index is 1.89. The Hall–Kier alpha value is -3.55. The quantitative estimate of drug-likeness (QED) is 0.468. The van der Waals surface area contributed by atoms with Crippen LogP contribution in [0.2, 0.25) is 0 Å². The first-order valence-corrected chi connectivity index (χ1v) is 13.4. The standard InChI is InChI=1S/C28H37F2N5O4/c1-6-12-28(29,30)26(39)32-18(5)23(36)34(7-2)22(13-17(3)4)24(37)35-16-27(14-19(35)15-31)20-10-8-9-11-21(20)33-25(27)38/h8-11,17-19,22H,6-7,12-14,16H2,1-5H3,(H,32,39)(H,33,38)/t18-,19-,22-,27-/m0/s1. The van der Waals surface area contributed by atoms with Gasteiger partial charge in [-0.25, -0.2) is 0 Å². The highest BCUT2D eigenvalue weighted by Gasteiger charge is 2.57. The van der Waals surface area contributed by atoms with Crippen molar-refractivity contribution in [1.29, 1.82) is 5.26 Å². The number of rotatable bonds is 10. The molecule has 0 bridgehead atoms. The molecule has 2 N–H and O–H groups in total. The van der Waals surface area contributed by atoms with Crippen LogP contribution >= 0.6 is 0 Å². The van der Waals surface area contributed by atoms with Crippen molar-refractivity contribution in [1.82, 2.24) is 15.1 Å². The van der Waals surface area contributed by atoms with Gasteiger partial charge in [0, 0.05) is 31.6 Å². The van der Waals surface area contributed by atoms with Crippen molar-refractivity contribution in [2.75, 3.05) is 18.4 Å². The van der Waals surface area contributed by atoms with E-state index in [0.29, 0.717) is 5.69 Å². The van der Waals surface area contributed by atoms with Crippen molar-refractivity contribution in [3.63, 3.8) is 0 Å². The summed E-state index contributed by atoms with van der Waals surface area (Å²) in [6, 6.07) is 6.11. The monoisotopic (exact) mass is 545 g/mol. The highest BCUT2D eigenvalue weighted by molar-refractivity contribution is 6.07. The number of halogens is 2. The largest absolute Gasteiger partial charge is 0.339 e. The molecule has 0 saturated carbocycles. The van der Waals surface area contributed by atoms with Crippen LogP contribution < -0.4 is 10.6 Å². The van der Waals surface area contributed by atoms with Gasteiger partial charge in [0.1, 0.15) is 18.1 Å². The van der Waals surface area contributed by atoms with E-state index >= 15 is 0 Å². The first-order valence-electron chi connectivity index (χ1n) is 13.4. The van der Waals surface area contributed by atoms with Gasteiger partial charge in [-0.1, -0.05) is 39.0 Å². The average molecular weight is 546 g/mol. The van der Waals surface area contributed by atoms with Crippen molar-refractivity contribution < 1.29 is 28.0 Å². The predicted molar refractivity (Wildman–Crippen MR) is 141 cm³/mol. The molecular formula is C28H37F2N5O4. The number of carbonyl (C=O) groups is 4. The number of fused-ring (bicyclic) bond motifs is 2. The third-order valence-electron chi connectivity index (χ3n) is 7.51. The number of alkyl halides is 2. The maximum Gasteiger partial charge on any atom is 0.324 e. The molecule has 2 aliphatic rings. The smallest absolute Gasteiger partial charge is 0.324 e. The lowest BCUT2D eigenvalue weighted by atomic mass is 9.80. The van der Waals surface area contributed by atoms with Crippen LogP contribution in [-0.2, 0) is 24.6 Å². The number of nitriles is 1. The zero-order chi connectivity index (χ0) is 29.1. The molecule has 11 heteroatoms. The highest BCUT2D eigenvalue weighted by atomic mass is 19.3. The second-order valence-electron chi connectivity index (χ2n) is 10.8. The van der Waals surface area contributed by atoms with E-state index < -0.39 is 53.6 Å². The lowest BCUT2D eigenvalue weighted by Crippen LogP contribution is -2.58. The topological polar surface area (TPSA) is 123 Å². The Morgan fingerprint density at radius 3 is 2.51 bits per heavy atom. The number of hydrogen-bond donors (Lipinski definition) is 2. The Kier molecular flexibility index (Phi) is 8.98. The molecule has 0 aromatic heterocycles. The van der Waals surface area contributed by atoms with Gasteiger partial charge in [-0.2, -0.15) is 14.0 Å². The molecule has 1 aromatic rings. The van der Waals surface area contributed by atoms with E-state index in [2.05, 4.69) is 16.7 Å². The van der Waals surface area contributed by atoms with Crippen LogP contribution in [-0.4, -0.2) is 70.6 Å². The normalized spacial score (nSPS) is 21.8. The van der Waals surface area contributed by atoms with E-state index in [-0.39, 0.29) is 44.2 Å². The maximum atomic E-state index is 14.1. The van der Waals surface area contributed by atoms with Gasteiger partial charge in [0.2, 0.25) is 17.7 Å². The summed E-state index contributed by atoms with van der Waals surface area (Å²) < 4.78 is 28.2. The van der Waals surface area contributed by atoms with Crippen molar-refractivity contribution in [3.05, 3.63) is 29.8 Å². The minimum absolute atomic E-state index is 0.0250. The fourth-order valence-electron chi connectivity index (χ4n) is 5.56. The van der Waals surface area contributed by atoms with Crippen molar-refractivity contribution in [3.8, 4) is 6.07 Å². The van der Waals surface area contributed by atoms with Crippen molar-refractivity contribution in [2.24, 2.45) is 5.92 Å². The molecule has 0 radical (unpaired) electrons. The van der Waals surface area contributed by atoms with Crippen molar-refractivity contribution in [2.45, 2.75) is 89.8 Å². The first-order chi connectivity index (χ1) is 18.3. The van der Waals surface area contributed by atoms with Gasteiger partial charge in [-0.05, 0) is 44.2 Å². The van der Waals surface area contributed by atoms with E-state index in [1.807, 2.05) is 19.9 Å². The number of nitrogens with one attached hydrogen (secondary N) is 2. The van der Waals surface area contributed by atoms with Crippen LogP contribution in [0.25, 0.3) is 0 Å². The third-order valence-corrected chi connectivity index (χ3v) is 7.51. The molecule has 1 saturated heterocycles. The van der Waals surface area contributed by atoms with Crippen LogP contribution in [0.1, 0.15) is 65.9 Å². The minimum Gasteiger partial charge on any atom is -0.339 e. The molecule has 0 aliphatic carbocycles. The number of benzene rings is 1. The van der Waals surface area contributed by atoms with Gasteiger partial charge in [0.25, 0.3) is 5.91 Å². The summed E-state index contributed by atoms with van der Waals surface area (Å²) in [5, 5.41) is 14.9. The Bertz CT molecular complexity index is 1170. The number of para-hydroxylation sites is 1. The van der Waals surface area contributed by atoms with E-state index in [0.717, 1.165) is 5.56 Å².